The van der Waals surface area contributed by atoms with Crippen molar-refractivity contribution >= 4 is 56.4 Å². The lowest BCUT2D eigenvalue weighted by Crippen LogP contribution is -2.53. The minimum atomic E-state index is -4.08. The van der Waals surface area contributed by atoms with Crippen LogP contribution < -0.4 is 9.62 Å². The molecule has 3 aromatic carbocycles. The van der Waals surface area contributed by atoms with Crippen LogP contribution in [0.4, 0.5) is 11.4 Å². The number of nitro groups is 1. The van der Waals surface area contributed by atoms with Gasteiger partial charge in [0.25, 0.3) is 5.69 Å². The summed E-state index contributed by atoms with van der Waals surface area (Å²) in [6.45, 7) is 0.786. The van der Waals surface area contributed by atoms with Gasteiger partial charge in [0.05, 0.1) is 26.9 Å². The standard InChI is InChI=1S/C27H28Cl2N4O6S/c1-18-9-11-21(33(36)37)15-24(18)32(40(3,38)39)17-26(34)31(16-20-10-12-22(28)23(29)13-20)25(27(35)30-2)14-19-7-5-4-6-8-19/h4-13,15,25H,14,16-17H2,1-3H3,(H,30,35)/t25-/m1/s1. The number of aryl methyl sites for hydroxylation is 1. The van der Waals surface area contributed by atoms with Gasteiger partial charge in [0.15, 0.2) is 0 Å². The Balaban J connectivity index is 2.09. The Kier molecular flexibility index (Phi) is 10.1. The minimum Gasteiger partial charge on any atom is -0.357 e. The molecule has 0 bridgehead atoms. The van der Waals surface area contributed by atoms with E-state index in [1.807, 2.05) is 18.2 Å². The van der Waals surface area contributed by atoms with E-state index >= 15 is 0 Å². The molecule has 10 nitrogen and oxygen atoms in total. The number of amides is 2. The fourth-order valence-corrected chi connectivity index (χ4v) is 5.35. The van der Waals surface area contributed by atoms with E-state index in [4.69, 9.17) is 23.2 Å². The van der Waals surface area contributed by atoms with Crippen molar-refractivity contribution in [2.45, 2.75) is 25.9 Å². The lowest BCUT2D eigenvalue weighted by Gasteiger charge is -2.33. The smallest absolute Gasteiger partial charge is 0.271 e. The van der Waals surface area contributed by atoms with E-state index in [2.05, 4.69) is 5.32 Å². The van der Waals surface area contributed by atoms with Crippen LogP contribution in [0, 0.1) is 17.0 Å². The molecule has 3 rings (SSSR count). The number of sulfonamides is 1. The number of carbonyl (C=O) groups is 2. The molecule has 3 aromatic rings. The summed E-state index contributed by atoms with van der Waals surface area (Å²) in [7, 11) is -2.64. The molecule has 0 aliphatic rings. The largest absolute Gasteiger partial charge is 0.357 e. The van der Waals surface area contributed by atoms with Crippen LogP contribution in [-0.4, -0.2) is 55.9 Å². The van der Waals surface area contributed by atoms with Crippen molar-refractivity contribution in [1.82, 2.24) is 10.2 Å². The minimum absolute atomic E-state index is 0.0147. The second kappa shape index (κ2) is 13.1. The average Bonchev–Trinajstić information content (AvgIpc) is 2.91. The molecule has 0 aliphatic heterocycles. The highest BCUT2D eigenvalue weighted by Crippen LogP contribution is 2.29. The highest BCUT2D eigenvalue weighted by molar-refractivity contribution is 7.92. The maximum absolute atomic E-state index is 14.0. The lowest BCUT2D eigenvalue weighted by molar-refractivity contribution is -0.384. The number of hydrogen-bond acceptors (Lipinski definition) is 6. The van der Waals surface area contributed by atoms with E-state index < -0.39 is 39.3 Å². The van der Waals surface area contributed by atoms with Crippen molar-refractivity contribution in [3.8, 4) is 0 Å². The highest BCUT2D eigenvalue weighted by atomic mass is 35.5. The fraction of sp³-hybridized carbons (Fsp3) is 0.259. The number of non-ortho nitro benzene ring substituents is 1. The second-order valence-corrected chi connectivity index (χ2v) is 11.8. The van der Waals surface area contributed by atoms with E-state index in [0.29, 0.717) is 16.1 Å². The molecule has 1 N–H and O–H groups in total. The van der Waals surface area contributed by atoms with Crippen LogP contribution in [0.15, 0.2) is 66.7 Å². The van der Waals surface area contributed by atoms with Crippen LogP contribution in [-0.2, 0) is 32.6 Å². The summed E-state index contributed by atoms with van der Waals surface area (Å²) >= 11 is 12.3. The molecule has 1 atom stereocenters. The van der Waals surface area contributed by atoms with Crippen LogP contribution in [0.3, 0.4) is 0 Å². The SMILES string of the molecule is CNC(=O)[C@@H](Cc1ccccc1)N(Cc1ccc(Cl)c(Cl)c1)C(=O)CN(c1cc([N+](=O)[O-])ccc1C)S(C)(=O)=O. The van der Waals surface area contributed by atoms with Crippen molar-refractivity contribution in [2.75, 3.05) is 24.2 Å². The summed E-state index contributed by atoms with van der Waals surface area (Å²) in [6, 6.07) is 16.6. The van der Waals surface area contributed by atoms with Crippen molar-refractivity contribution in [1.29, 1.82) is 0 Å². The molecule has 40 heavy (non-hydrogen) atoms. The number of carbonyl (C=O) groups excluding carboxylic acids is 2. The lowest BCUT2D eigenvalue weighted by atomic mass is 10.0. The Morgan fingerprint density at radius 3 is 2.25 bits per heavy atom. The summed E-state index contributed by atoms with van der Waals surface area (Å²) in [4.78, 5) is 39.1. The summed E-state index contributed by atoms with van der Waals surface area (Å²) in [6.07, 6.45) is 1.05. The van der Waals surface area contributed by atoms with Gasteiger partial charge in [0, 0.05) is 32.1 Å². The Hall–Kier alpha value is -3.67. The quantitative estimate of drug-likeness (QED) is 0.255. The van der Waals surface area contributed by atoms with Gasteiger partial charge in [0.1, 0.15) is 12.6 Å². The first-order chi connectivity index (χ1) is 18.8. The van der Waals surface area contributed by atoms with Crippen LogP contribution in [0.25, 0.3) is 0 Å². The van der Waals surface area contributed by atoms with Gasteiger partial charge in [-0.25, -0.2) is 8.42 Å². The molecule has 13 heteroatoms. The van der Waals surface area contributed by atoms with Crippen molar-refractivity contribution in [3.05, 3.63) is 104 Å². The number of anilines is 1. The summed E-state index contributed by atoms with van der Waals surface area (Å²) in [5.74, 6) is -1.17. The predicted octanol–water partition coefficient (Wildman–Crippen LogP) is 4.36. The van der Waals surface area contributed by atoms with Gasteiger partial charge in [-0.2, -0.15) is 0 Å². The topological polar surface area (TPSA) is 130 Å². The number of likely N-dealkylation sites (N-methyl/N-ethyl adjacent to an activating group) is 1. The Morgan fingerprint density at radius 2 is 1.68 bits per heavy atom. The molecule has 0 saturated carbocycles. The molecule has 0 saturated heterocycles. The number of nitrogens with zero attached hydrogens (tertiary/aromatic N) is 3. The van der Waals surface area contributed by atoms with E-state index in [1.165, 1.54) is 24.1 Å². The Bertz CT molecular complexity index is 1520. The molecule has 0 spiro atoms. The van der Waals surface area contributed by atoms with Crippen LogP contribution in [0.2, 0.25) is 10.0 Å². The maximum atomic E-state index is 14.0. The molecule has 0 unspecified atom stereocenters. The maximum Gasteiger partial charge on any atom is 0.271 e. The number of nitro benzene ring substituents is 1. The number of halogens is 2. The van der Waals surface area contributed by atoms with Gasteiger partial charge < -0.3 is 10.2 Å². The molecular formula is C27H28Cl2N4O6S. The van der Waals surface area contributed by atoms with E-state index in [0.717, 1.165) is 22.2 Å². The zero-order valence-corrected chi connectivity index (χ0v) is 24.3. The third-order valence-electron chi connectivity index (χ3n) is 6.21. The van der Waals surface area contributed by atoms with Gasteiger partial charge in [-0.1, -0.05) is 65.7 Å². The molecule has 212 valence electrons. The van der Waals surface area contributed by atoms with E-state index in [-0.39, 0.29) is 29.4 Å². The molecule has 0 fully saturated rings. The molecule has 2 amide bonds. The second-order valence-electron chi connectivity index (χ2n) is 9.09. The molecule has 0 radical (unpaired) electrons. The van der Waals surface area contributed by atoms with Crippen molar-refractivity contribution in [3.63, 3.8) is 0 Å². The highest BCUT2D eigenvalue weighted by Gasteiger charge is 2.33. The normalized spacial score (nSPS) is 11.9. The molecular weight excluding hydrogens is 579 g/mol. The van der Waals surface area contributed by atoms with Gasteiger partial charge in [-0.15, -0.1) is 0 Å². The first kappa shape index (κ1) is 30.9. The van der Waals surface area contributed by atoms with Gasteiger partial charge in [-0.05, 0) is 35.7 Å². The Labute approximate surface area is 242 Å². The monoisotopic (exact) mass is 606 g/mol. The third kappa shape index (κ3) is 7.71. The van der Waals surface area contributed by atoms with E-state index in [1.54, 1.807) is 37.3 Å². The van der Waals surface area contributed by atoms with Gasteiger partial charge >= 0.3 is 0 Å². The van der Waals surface area contributed by atoms with Crippen LogP contribution in [0.1, 0.15) is 16.7 Å². The zero-order chi connectivity index (χ0) is 29.6. The number of hydrogen-bond donors (Lipinski definition) is 1. The third-order valence-corrected chi connectivity index (χ3v) is 8.07. The summed E-state index contributed by atoms with van der Waals surface area (Å²) in [5, 5.41) is 14.5. The van der Waals surface area contributed by atoms with Crippen LogP contribution in [0.5, 0.6) is 0 Å². The Morgan fingerprint density at radius 1 is 1.00 bits per heavy atom. The molecule has 0 heterocycles. The number of nitrogens with one attached hydrogen (secondary N) is 1. The summed E-state index contributed by atoms with van der Waals surface area (Å²) in [5.41, 5.74) is 1.40. The molecule has 0 aromatic heterocycles. The fourth-order valence-electron chi connectivity index (χ4n) is 4.13. The summed E-state index contributed by atoms with van der Waals surface area (Å²) < 4.78 is 26.6. The first-order valence-electron chi connectivity index (χ1n) is 12.0. The van der Waals surface area contributed by atoms with Crippen LogP contribution >= 0.6 is 23.2 Å². The van der Waals surface area contributed by atoms with Crippen molar-refractivity contribution in [2.24, 2.45) is 0 Å². The molecule has 0 aliphatic carbocycles. The zero-order valence-electron chi connectivity index (χ0n) is 22.0. The first-order valence-corrected chi connectivity index (χ1v) is 14.6. The number of rotatable bonds is 11. The van der Waals surface area contributed by atoms with E-state index in [9.17, 15) is 28.1 Å². The van der Waals surface area contributed by atoms with Gasteiger partial charge in [-0.3, -0.25) is 24.0 Å². The number of benzene rings is 3. The predicted molar refractivity (Wildman–Crippen MR) is 155 cm³/mol. The average molecular weight is 608 g/mol. The van der Waals surface area contributed by atoms with Crippen molar-refractivity contribution < 1.29 is 22.9 Å². The van der Waals surface area contributed by atoms with Gasteiger partial charge in [0.2, 0.25) is 21.8 Å².